The molecule has 0 bridgehead atoms. The fourth-order valence-corrected chi connectivity index (χ4v) is 3.48. The van der Waals surface area contributed by atoms with Crippen LogP contribution in [0.2, 0.25) is 0 Å². The van der Waals surface area contributed by atoms with Crippen LogP contribution in [0.4, 0.5) is 0 Å². The zero-order valence-electron chi connectivity index (χ0n) is 16.3. The van der Waals surface area contributed by atoms with Crippen molar-refractivity contribution >= 4 is 11.8 Å². The third-order valence-electron chi connectivity index (χ3n) is 5.14. The lowest BCUT2D eigenvalue weighted by atomic mass is 10.1. The van der Waals surface area contributed by atoms with Gasteiger partial charge in [0.1, 0.15) is 0 Å². The van der Waals surface area contributed by atoms with Crippen LogP contribution in [0.15, 0.2) is 67.0 Å². The van der Waals surface area contributed by atoms with Gasteiger partial charge in [-0.25, -0.2) is 0 Å². The van der Waals surface area contributed by atoms with E-state index < -0.39 is 0 Å². The standard InChI is InChI=1S/C23H24N4O2/c28-22-3-1-13-26(22)16-19-8-10-21(11-9-19)23(29)24-15-18-4-6-20(7-5-18)17-27-14-2-12-25-27/h2,4-12,14H,1,3,13,15-17H2,(H,24,29). The van der Waals surface area contributed by atoms with Crippen LogP contribution in [0, 0.1) is 0 Å². The topological polar surface area (TPSA) is 67.2 Å². The molecule has 1 fully saturated rings. The van der Waals surface area contributed by atoms with Crippen LogP contribution in [0.3, 0.4) is 0 Å². The Labute approximate surface area is 170 Å². The van der Waals surface area contributed by atoms with Gasteiger partial charge in [-0.15, -0.1) is 0 Å². The second-order valence-corrected chi connectivity index (χ2v) is 7.32. The van der Waals surface area contributed by atoms with Crippen LogP contribution in [0.1, 0.15) is 39.9 Å². The molecule has 0 spiro atoms. The Bertz CT molecular complexity index is 963. The molecule has 0 radical (unpaired) electrons. The molecule has 6 nitrogen and oxygen atoms in total. The molecule has 6 heteroatoms. The molecule has 1 saturated heterocycles. The number of benzene rings is 2. The van der Waals surface area contributed by atoms with Crippen molar-refractivity contribution in [2.24, 2.45) is 0 Å². The van der Waals surface area contributed by atoms with Crippen molar-refractivity contribution in [3.63, 3.8) is 0 Å². The van der Waals surface area contributed by atoms with E-state index in [-0.39, 0.29) is 11.8 Å². The van der Waals surface area contributed by atoms with Crippen molar-refractivity contribution in [1.82, 2.24) is 20.0 Å². The van der Waals surface area contributed by atoms with Gasteiger partial charge in [-0.2, -0.15) is 5.10 Å². The summed E-state index contributed by atoms with van der Waals surface area (Å²) in [6, 6.07) is 17.5. The molecule has 4 rings (SSSR count). The lowest BCUT2D eigenvalue weighted by Crippen LogP contribution is -2.24. The third kappa shape index (κ3) is 4.90. The third-order valence-corrected chi connectivity index (χ3v) is 5.14. The lowest BCUT2D eigenvalue weighted by molar-refractivity contribution is -0.128. The van der Waals surface area contributed by atoms with Crippen molar-refractivity contribution < 1.29 is 9.59 Å². The van der Waals surface area contributed by atoms with E-state index in [1.807, 2.05) is 58.2 Å². The molecular formula is C23H24N4O2. The minimum atomic E-state index is -0.102. The molecule has 148 valence electrons. The number of nitrogens with one attached hydrogen (secondary N) is 1. The SMILES string of the molecule is O=C(NCc1ccc(Cn2cccn2)cc1)c1ccc(CN2CCCC2=O)cc1. The summed E-state index contributed by atoms with van der Waals surface area (Å²) in [5, 5.41) is 7.16. The average Bonchev–Trinajstić information content (AvgIpc) is 3.40. The van der Waals surface area contributed by atoms with Crippen molar-refractivity contribution in [3.8, 4) is 0 Å². The van der Waals surface area contributed by atoms with Crippen LogP contribution >= 0.6 is 0 Å². The lowest BCUT2D eigenvalue weighted by Gasteiger charge is -2.15. The van der Waals surface area contributed by atoms with Crippen molar-refractivity contribution in [1.29, 1.82) is 0 Å². The maximum atomic E-state index is 12.4. The van der Waals surface area contributed by atoms with E-state index in [1.54, 1.807) is 6.20 Å². The first-order valence-corrected chi connectivity index (χ1v) is 9.87. The van der Waals surface area contributed by atoms with E-state index in [0.29, 0.717) is 25.1 Å². The first-order valence-electron chi connectivity index (χ1n) is 9.87. The summed E-state index contributed by atoms with van der Waals surface area (Å²) in [5.41, 5.74) is 3.88. The summed E-state index contributed by atoms with van der Waals surface area (Å²) in [7, 11) is 0. The van der Waals surface area contributed by atoms with E-state index in [9.17, 15) is 9.59 Å². The van der Waals surface area contributed by atoms with Gasteiger partial charge in [0.25, 0.3) is 5.91 Å². The van der Waals surface area contributed by atoms with E-state index in [0.717, 1.165) is 36.2 Å². The molecule has 1 aliphatic rings. The van der Waals surface area contributed by atoms with Gasteiger partial charge >= 0.3 is 0 Å². The van der Waals surface area contributed by atoms with Crippen LogP contribution in [0.5, 0.6) is 0 Å². The van der Waals surface area contributed by atoms with Gasteiger partial charge in [0, 0.05) is 44.0 Å². The number of carbonyl (C=O) groups is 2. The summed E-state index contributed by atoms with van der Waals surface area (Å²) >= 11 is 0. The van der Waals surface area contributed by atoms with Gasteiger partial charge in [0.15, 0.2) is 0 Å². The number of nitrogens with zero attached hydrogens (tertiary/aromatic N) is 3. The molecule has 0 atom stereocenters. The molecular weight excluding hydrogens is 364 g/mol. The maximum Gasteiger partial charge on any atom is 0.251 e. The maximum absolute atomic E-state index is 12.4. The largest absolute Gasteiger partial charge is 0.348 e. The highest BCUT2D eigenvalue weighted by molar-refractivity contribution is 5.94. The summed E-state index contributed by atoms with van der Waals surface area (Å²) < 4.78 is 1.88. The molecule has 0 unspecified atom stereocenters. The fourth-order valence-electron chi connectivity index (χ4n) is 3.48. The van der Waals surface area contributed by atoms with Crippen LogP contribution in [0.25, 0.3) is 0 Å². The van der Waals surface area contributed by atoms with E-state index in [2.05, 4.69) is 22.5 Å². The van der Waals surface area contributed by atoms with Gasteiger partial charge in [0.05, 0.1) is 6.54 Å². The predicted molar refractivity (Wildman–Crippen MR) is 110 cm³/mol. The Hall–Kier alpha value is -3.41. The Morgan fingerprint density at radius 1 is 0.966 bits per heavy atom. The van der Waals surface area contributed by atoms with E-state index >= 15 is 0 Å². The van der Waals surface area contributed by atoms with Crippen LogP contribution in [-0.4, -0.2) is 33.0 Å². The summed E-state index contributed by atoms with van der Waals surface area (Å²) in [4.78, 5) is 26.0. The molecule has 1 N–H and O–H groups in total. The Balaban J connectivity index is 1.28. The Morgan fingerprint density at radius 3 is 2.31 bits per heavy atom. The Kier molecular flexibility index (Phi) is 5.70. The number of likely N-dealkylation sites (tertiary alicyclic amines) is 1. The number of amides is 2. The molecule has 1 aromatic heterocycles. The molecule has 0 aliphatic carbocycles. The summed E-state index contributed by atoms with van der Waals surface area (Å²) in [6.45, 7) is 2.65. The molecule has 3 aromatic rings. The predicted octanol–water partition coefficient (Wildman–Crippen LogP) is 2.98. The van der Waals surface area contributed by atoms with Gasteiger partial charge < -0.3 is 10.2 Å². The van der Waals surface area contributed by atoms with Gasteiger partial charge in [-0.05, 0) is 41.3 Å². The molecule has 29 heavy (non-hydrogen) atoms. The summed E-state index contributed by atoms with van der Waals surface area (Å²) in [6.07, 6.45) is 5.28. The number of rotatable bonds is 7. The molecule has 1 aliphatic heterocycles. The van der Waals surface area contributed by atoms with Crippen molar-refractivity contribution in [3.05, 3.63) is 89.2 Å². The molecule has 2 heterocycles. The molecule has 2 amide bonds. The second-order valence-electron chi connectivity index (χ2n) is 7.32. The van der Waals surface area contributed by atoms with Crippen LogP contribution in [-0.2, 0) is 24.4 Å². The molecule has 0 saturated carbocycles. The van der Waals surface area contributed by atoms with Crippen LogP contribution < -0.4 is 5.32 Å². The van der Waals surface area contributed by atoms with Crippen molar-refractivity contribution in [2.45, 2.75) is 32.5 Å². The number of carbonyl (C=O) groups excluding carboxylic acids is 2. The van der Waals surface area contributed by atoms with Gasteiger partial charge in [-0.1, -0.05) is 36.4 Å². The zero-order chi connectivity index (χ0) is 20.1. The average molecular weight is 388 g/mol. The quantitative estimate of drug-likeness (QED) is 0.677. The first kappa shape index (κ1) is 18.9. The smallest absolute Gasteiger partial charge is 0.251 e. The first-order chi connectivity index (χ1) is 14.2. The number of hydrogen-bond donors (Lipinski definition) is 1. The number of aromatic nitrogens is 2. The monoisotopic (exact) mass is 388 g/mol. The number of hydrogen-bond acceptors (Lipinski definition) is 3. The zero-order valence-corrected chi connectivity index (χ0v) is 16.3. The highest BCUT2D eigenvalue weighted by atomic mass is 16.2. The van der Waals surface area contributed by atoms with E-state index in [4.69, 9.17) is 0 Å². The van der Waals surface area contributed by atoms with E-state index in [1.165, 1.54) is 0 Å². The van der Waals surface area contributed by atoms with Gasteiger partial charge in [-0.3, -0.25) is 14.3 Å². The normalized spacial score (nSPS) is 13.7. The highest BCUT2D eigenvalue weighted by Gasteiger charge is 2.19. The summed E-state index contributed by atoms with van der Waals surface area (Å²) in [5.74, 6) is 0.108. The minimum Gasteiger partial charge on any atom is -0.348 e. The molecule has 2 aromatic carbocycles. The van der Waals surface area contributed by atoms with Gasteiger partial charge in [0.2, 0.25) is 5.91 Å². The highest BCUT2D eigenvalue weighted by Crippen LogP contribution is 2.15. The minimum absolute atomic E-state index is 0.102. The fraction of sp³-hybridized carbons (Fsp3) is 0.261. The second kappa shape index (κ2) is 8.73. The Morgan fingerprint density at radius 2 is 1.66 bits per heavy atom. The van der Waals surface area contributed by atoms with Crippen molar-refractivity contribution in [2.75, 3.05) is 6.54 Å².